The number of aromatic nitrogens is 3. The second-order valence-corrected chi connectivity index (χ2v) is 4.54. The fourth-order valence-electron chi connectivity index (χ4n) is 2.47. The van der Waals surface area contributed by atoms with Crippen molar-refractivity contribution in [3.63, 3.8) is 0 Å². The van der Waals surface area contributed by atoms with Crippen LogP contribution in [0.1, 0.15) is 43.4 Å². The topological polar surface area (TPSA) is 85.8 Å². The van der Waals surface area contributed by atoms with Gasteiger partial charge >= 0.3 is 0 Å². The zero-order valence-electron chi connectivity index (χ0n) is 10.1. The fourth-order valence-corrected chi connectivity index (χ4v) is 2.47. The molecule has 17 heavy (non-hydrogen) atoms. The molecule has 94 valence electrons. The molecule has 0 unspecified atom stereocenters. The van der Waals surface area contributed by atoms with Crippen LogP contribution in [-0.4, -0.2) is 27.2 Å². The number of nitrogens with one attached hydrogen (secondary N) is 1. The van der Waals surface area contributed by atoms with E-state index >= 15 is 0 Å². The lowest BCUT2D eigenvalue weighted by molar-refractivity contribution is -0.117. The summed E-state index contributed by atoms with van der Waals surface area (Å²) in [4.78, 5) is 10.7. The first-order chi connectivity index (χ1) is 8.18. The highest BCUT2D eigenvalue weighted by Crippen LogP contribution is 2.30. The Bertz CT molecular complexity index is 395. The molecule has 0 spiro atoms. The van der Waals surface area contributed by atoms with Crippen molar-refractivity contribution in [3.05, 3.63) is 11.6 Å². The molecule has 1 aromatic heterocycles. The van der Waals surface area contributed by atoms with E-state index in [1.807, 2.05) is 6.92 Å². The normalized spacial score (nSPS) is 16.5. The van der Waals surface area contributed by atoms with Gasteiger partial charge in [0.1, 0.15) is 11.6 Å². The zero-order valence-corrected chi connectivity index (χ0v) is 10.1. The Hall–Kier alpha value is -1.43. The standard InChI is InChI=1S/C11H19N5O/c1-8-14-15-11(7-13-6-10(12)17)16(8)9-4-2-3-5-9/h9,13H,2-7H2,1H3,(H2,12,17). The van der Waals surface area contributed by atoms with Gasteiger partial charge in [-0.1, -0.05) is 12.8 Å². The van der Waals surface area contributed by atoms with Crippen molar-refractivity contribution >= 4 is 5.91 Å². The molecule has 0 aromatic carbocycles. The molecule has 1 heterocycles. The molecule has 1 saturated carbocycles. The van der Waals surface area contributed by atoms with Gasteiger partial charge in [0.15, 0.2) is 0 Å². The van der Waals surface area contributed by atoms with E-state index in [2.05, 4.69) is 20.1 Å². The highest BCUT2D eigenvalue weighted by molar-refractivity contribution is 5.75. The van der Waals surface area contributed by atoms with Crippen molar-refractivity contribution in [2.24, 2.45) is 5.73 Å². The average Bonchev–Trinajstić information content (AvgIpc) is 2.87. The van der Waals surface area contributed by atoms with E-state index < -0.39 is 0 Å². The number of amides is 1. The number of nitrogens with zero attached hydrogens (tertiary/aromatic N) is 3. The third kappa shape index (κ3) is 2.82. The molecule has 0 saturated heterocycles. The number of primary amides is 1. The van der Waals surface area contributed by atoms with Gasteiger partial charge in [0.05, 0.1) is 13.1 Å². The van der Waals surface area contributed by atoms with Gasteiger partial charge < -0.3 is 15.6 Å². The number of carbonyl (C=O) groups is 1. The van der Waals surface area contributed by atoms with E-state index in [4.69, 9.17) is 5.73 Å². The molecule has 1 fully saturated rings. The van der Waals surface area contributed by atoms with E-state index in [0.717, 1.165) is 11.6 Å². The van der Waals surface area contributed by atoms with Crippen LogP contribution in [0.2, 0.25) is 0 Å². The van der Waals surface area contributed by atoms with Gasteiger partial charge in [-0.2, -0.15) is 0 Å². The molecular weight excluding hydrogens is 218 g/mol. The summed E-state index contributed by atoms with van der Waals surface area (Å²) in [6, 6.07) is 0.523. The Balaban J connectivity index is 2.03. The predicted molar refractivity (Wildman–Crippen MR) is 63.2 cm³/mol. The van der Waals surface area contributed by atoms with Crippen molar-refractivity contribution in [2.45, 2.75) is 45.2 Å². The number of hydrogen-bond donors (Lipinski definition) is 2. The van der Waals surface area contributed by atoms with Crippen LogP contribution in [0.5, 0.6) is 0 Å². The van der Waals surface area contributed by atoms with Crippen LogP contribution in [0, 0.1) is 6.92 Å². The lowest BCUT2D eigenvalue weighted by Gasteiger charge is -2.15. The molecule has 0 bridgehead atoms. The number of carbonyl (C=O) groups excluding carboxylic acids is 1. The SMILES string of the molecule is Cc1nnc(CNCC(N)=O)n1C1CCCC1. The maximum absolute atomic E-state index is 10.7. The zero-order chi connectivity index (χ0) is 12.3. The second kappa shape index (κ2) is 5.27. The minimum atomic E-state index is -0.353. The van der Waals surface area contributed by atoms with Crippen LogP contribution in [0.3, 0.4) is 0 Å². The molecule has 1 aliphatic rings. The molecule has 6 heteroatoms. The Morgan fingerprint density at radius 1 is 1.47 bits per heavy atom. The van der Waals surface area contributed by atoms with Gasteiger partial charge in [0, 0.05) is 6.04 Å². The predicted octanol–water partition coefficient (Wildman–Crippen LogP) is 0.277. The number of hydrogen-bond acceptors (Lipinski definition) is 4. The van der Waals surface area contributed by atoms with E-state index in [1.165, 1.54) is 25.7 Å². The smallest absolute Gasteiger partial charge is 0.231 e. The van der Waals surface area contributed by atoms with Crippen LogP contribution in [0.15, 0.2) is 0 Å². The van der Waals surface area contributed by atoms with Gasteiger partial charge in [-0.25, -0.2) is 0 Å². The monoisotopic (exact) mass is 237 g/mol. The van der Waals surface area contributed by atoms with Gasteiger partial charge in [-0.3, -0.25) is 4.79 Å². The summed E-state index contributed by atoms with van der Waals surface area (Å²) in [7, 11) is 0. The Morgan fingerprint density at radius 3 is 2.82 bits per heavy atom. The van der Waals surface area contributed by atoms with Crippen LogP contribution < -0.4 is 11.1 Å². The fraction of sp³-hybridized carbons (Fsp3) is 0.727. The van der Waals surface area contributed by atoms with E-state index in [9.17, 15) is 4.79 Å². The second-order valence-electron chi connectivity index (χ2n) is 4.54. The third-order valence-electron chi connectivity index (χ3n) is 3.21. The first-order valence-electron chi connectivity index (χ1n) is 6.08. The summed E-state index contributed by atoms with van der Waals surface area (Å²) in [5, 5.41) is 11.3. The van der Waals surface area contributed by atoms with Crippen molar-refractivity contribution in [3.8, 4) is 0 Å². The Kier molecular flexibility index (Phi) is 3.73. The van der Waals surface area contributed by atoms with Gasteiger partial charge in [0.2, 0.25) is 5.91 Å². The summed E-state index contributed by atoms with van der Waals surface area (Å²) in [5.74, 6) is 1.50. The van der Waals surface area contributed by atoms with E-state index in [0.29, 0.717) is 12.6 Å². The molecule has 3 N–H and O–H groups in total. The molecule has 2 rings (SSSR count). The summed E-state index contributed by atoms with van der Waals surface area (Å²) in [5.41, 5.74) is 5.08. The minimum absolute atomic E-state index is 0.177. The summed E-state index contributed by atoms with van der Waals surface area (Å²) in [6.07, 6.45) is 4.94. The van der Waals surface area contributed by atoms with Gasteiger partial charge in [-0.15, -0.1) is 10.2 Å². The number of aryl methyl sites for hydroxylation is 1. The first kappa shape index (κ1) is 12.0. The maximum Gasteiger partial charge on any atom is 0.231 e. The molecular formula is C11H19N5O. The van der Waals surface area contributed by atoms with Crippen LogP contribution in [-0.2, 0) is 11.3 Å². The molecule has 0 radical (unpaired) electrons. The van der Waals surface area contributed by atoms with Gasteiger partial charge in [-0.05, 0) is 19.8 Å². The Morgan fingerprint density at radius 2 is 2.18 bits per heavy atom. The first-order valence-corrected chi connectivity index (χ1v) is 6.08. The lowest BCUT2D eigenvalue weighted by atomic mass is 10.2. The molecule has 1 aliphatic carbocycles. The highest BCUT2D eigenvalue weighted by atomic mass is 16.1. The van der Waals surface area contributed by atoms with Gasteiger partial charge in [0.25, 0.3) is 0 Å². The minimum Gasteiger partial charge on any atom is -0.369 e. The third-order valence-corrected chi connectivity index (χ3v) is 3.21. The molecule has 6 nitrogen and oxygen atoms in total. The van der Waals surface area contributed by atoms with E-state index in [1.54, 1.807) is 0 Å². The average molecular weight is 237 g/mol. The quantitative estimate of drug-likeness (QED) is 0.770. The van der Waals surface area contributed by atoms with Crippen molar-refractivity contribution < 1.29 is 4.79 Å². The number of nitrogens with two attached hydrogens (primary N) is 1. The maximum atomic E-state index is 10.7. The molecule has 1 aromatic rings. The van der Waals surface area contributed by atoms with Crippen LogP contribution in [0.4, 0.5) is 0 Å². The highest BCUT2D eigenvalue weighted by Gasteiger charge is 2.21. The van der Waals surface area contributed by atoms with Crippen molar-refractivity contribution in [1.82, 2.24) is 20.1 Å². The molecule has 0 aliphatic heterocycles. The van der Waals surface area contributed by atoms with Crippen molar-refractivity contribution in [1.29, 1.82) is 0 Å². The number of rotatable bonds is 5. The summed E-state index contributed by atoms with van der Waals surface area (Å²) >= 11 is 0. The summed E-state index contributed by atoms with van der Waals surface area (Å²) < 4.78 is 2.20. The van der Waals surface area contributed by atoms with Crippen molar-refractivity contribution in [2.75, 3.05) is 6.54 Å². The largest absolute Gasteiger partial charge is 0.369 e. The summed E-state index contributed by atoms with van der Waals surface area (Å²) in [6.45, 7) is 2.69. The van der Waals surface area contributed by atoms with Crippen LogP contribution >= 0.6 is 0 Å². The lowest BCUT2D eigenvalue weighted by Crippen LogP contribution is -2.29. The van der Waals surface area contributed by atoms with E-state index in [-0.39, 0.29) is 12.5 Å². The Labute approximate surface area is 101 Å². The molecule has 1 amide bonds. The molecule has 0 atom stereocenters. The van der Waals surface area contributed by atoms with Crippen LogP contribution in [0.25, 0.3) is 0 Å².